The van der Waals surface area contributed by atoms with Crippen LogP contribution < -0.4 is 10.9 Å². The molecule has 0 atom stereocenters. The minimum Gasteiger partial charge on any atom is -0.276 e. The van der Waals surface area contributed by atoms with Crippen LogP contribution in [-0.4, -0.2) is 0 Å². The van der Waals surface area contributed by atoms with Crippen LogP contribution in [0.2, 0.25) is 0 Å². The van der Waals surface area contributed by atoms with Crippen LogP contribution in [0.15, 0.2) is 18.4 Å². The van der Waals surface area contributed by atoms with Gasteiger partial charge in [-0.25, -0.2) is 0 Å². The molecule has 30 valence electrons. The van der Waals surface area contributed by atoms with Crippen molar-refractivity contribution < 1.29 is 0 Å². The molecule has 0 saturated heterocycles. The Kier molecular flexibility index (Phi) is 0.819. The van der Waals surface area contributed by atoms with Crippen molar-refractivity contribution in [3.63, 3.8) is 0 Å². The zero-order valence-electron chi connectivity index (χ0n) is 3.18. The molecular formula is C4H4N2. The summed E-state index contributed by atoms with van der Waals surface area (Å²) in [4.78, 5) is 0. The van der Waals surface area contributed by atoms with E-state index in [0.717, 1.165) is 0 Å². The second kappa shape index (κ2) is 1.50. The lowest BCUT2D eigenvalue weighted by atomic mass is 10.5. The Morgan fingerprint density at radius 2 is 2.67 bits per heavy atom. The molecule has 0 aromatic heterocycles. The molecule has 0 fully saturated rings. The number of rotatable bonds is 0. The van der Waals surface area contributed by atoms with Crippen molar-refractivity contribution in [2.45, 2.75) is 0 Å². The van der Waals surface area contributed by atoms with Crippen molar-refractivity contribution in [3.8, 4) is 0 Å². The summed E-state index contributed by atoms with van der Waals surface area (Å²) in [6.07, 6.45) is 7.88. The highest BCUT2D eigenvalue weighted by atomic mass is 15.3. The van der Waals surface area contributed by atoms with Crippen molar-refractivity contribution in [1.29, 1.82) is 0 Å². The molecule has 1 N–H and O–H groups in total. The van der Waals surface area contributed by atoms with Gasteiger partial charge in [-0.2, -0.15) is 5.43 Å². The van der Waals surface area contributed by atoms with Gasteiger partial charge in [-0.1, -0.05) is 0 Å². The van der Waals surface area contributed by atoms with Gasteiger partial charge in [0.15, 0.2) is 0 Å². The van der Waals surface area contributed by atoms with E-state index < -0.39 is 0 Å². The maximum Gasteiger partial charge on any atom is 0.0812 e. The molecule has 0 aromatic rings. The van der Waals surface area contributed by atoms with Crippen molar-refractivity contribution in [1.82, 2.24) is 10.9 Å². The van der Waals surface area contributed by atoms with Gasteiger partial charge in [-0.05, 0) is 12.2 Å². The van der Waals surface area contributed by atoms with Gasteiger partial charge in [0, 0.05) is 6.20 Å². The lowest BCUT2D eigenvalue weighted by Gasteiger charge is -1.93. The third kappa shape index (κ3) is 0.516. The molecule has 0 spiro atoms. The molecule has 2 nitrogen and oxygen atoms in total. The van der Waals surface area contributed by atoms with E-state index in [0.29, 0.717) is 0 Å². The van der Waals surface area contributed by atoms with Crippen molar-refractivity contribution in [2.24, 2.45) is 0 Å². The normalized spacial score (nSPS) is 16.0. The predicted molar refractivity (Wildman–Crippen MR) is 22.2 cm³/mol. The van der Waals surface area contributed by atoms with Gasteiger partial charge in [0.25, 0.3) is 0 Å². The Labute approximate surface area is 36.5 Å². The summed E-state index contributed by atoms with van der Waals surface area (Å²) in [5.41, 5.74) is 6.12. The third-order valence-electron chi connectivity index (χ3n) is 0.469. The van der Waals surface area contributed by atoms with Crippen LogP contribution in [0.5, 0.6) is 0 Å². The molecule has 6 heavy (non-hydrogen) atoms. The SMILES string of the molecule is [C]1=CC=C[N]N1. The van der Waals surface area contributed by atoms with Crippen LogP contribution in [0.1, 0.15) is 0 Å². The molecule has 0 bridgehead atoms. The van der Waals surface area contributed by atoms with Gasteiger partial charge in [-0.15, -0.1) is 0 Å². The van der Waals surface area contributed by atoms with Crippen LogP contribution in [0.3, 0.4) is 0 Å². The van der Waals surface area contributed by atoms with E-state index in [2.05, 4.69) is 17.1 Å². The van der Waals surface area contributed by atoms with E-state index in [-0.39, 0.29) is 0 Å². The standard InChI is InChI=1S/C4H4N2/c1-2-4-6-5-3-1/h1-3,6H. The fraction of sp³-hybridized carbons (Fsp3) is 0. The maximum atomic E-state index is 3.60. The summed E-state index contributed by atoms with van der Waals surface area (Å²) in [7, 11) is 0. The zero-order valence-corrected chi connectivity index (χ0v) is 3.18. The Morgan fingerprint density at radius 1 is 1.67 bits per heavy atom. The van der Waals surface area contributed by atoms with Gasteiger partial charge in [-0.3, -0.25) is 5.43 Å². The highest BCUT2D eigenvalue weighted by Crippen LogP contribution is 1.74. The van der Waals surface area contributed by atoms with E-state index in [4.69, 9.17) is 0 Å². The first-order valence-electron chi connectivity index (χ1n) is 1.69. The average molecular weight is 80.1 g/mol. The third-order valence-corrected chi connectivity index (χ3v) is 0.469. The van der Waals surface area contributed by atoms with E-state index >= 15 is 0 Å². The summed E-state index contributed by atoms with van der Waals surface area (Å²) in [6, 6.07) is 0. The van der Waals surface area contributed by atoms with Crippen LogP contribution >= 0.6 is 0 Å². The molecule has 2 radical (unpaired) electrons. The molecule has 1 aliphatic rings. The average Bonchev–Trinajstić information content (AvgIpc) is 1.72. The molecule has 0 saturated carbocycles. The molecule has 1 rings (SSSR count). The maximum absolute atomic E-state index is 3.60. The topological polar surface area (TPSA) is 26.1 Å². The quantitative estimate of drug-likeness (QED) is 0.433. The first-order chi connectivity index (χ1) is 3.00. The molecule has 0 aliphatic carbocycles. The summed E-state index contributed by atoms with van der Waals surface area (Å²) >= 11 is 0. The molecule has 1 heterocycles. The molecule has 0 amide bonds. The molecular weight excluding hydrogens is 76.1 g/mol. The van der Waals surface area contributed by atoms with E-state index in [1.165, 1.54) is 0 Å². The van der Waals surface area contributed by atoms with Crippen LogP contribution in [0.4, 0.5) is 0 Å². The minimum absolute atomic E-state index is 1.66. The predicted octanol–water partition coefficient (Wildman–Crippen LogP) is -0.0604. The fourth-order valence-corrected chi connectivity index (χ4v) is 0.246. The first kappa shape index (κ1) is 3.28. The lowest BCUT2D eigenvalue weighted by molar-refractivity contribution is 0.731. The molecule has 1 aliphatic heterocycles. The van der Waals surface area contributed by atoms with Gasteiger partial charge in [0.1, 0.15) is 0 Å². The number of hydrogen-bond donors (Lipinski definition) is 1. The van der Waals surface area contributed by atoms with Crippen molar-refractivity contribution >= 4 is 0 Å². The first-order valence-corrected chi connectivity index (χ1v) is 1.69. The number of allylic oxidation sites excluding steroid dienone is 2. The summed E-state index contributed by atoms with van der Waals surface area (Å²) in [5.74, 6) is 0. The summed E-state index contributed by atoms with van der Waals surface area (Å²) in [6.45, 7) is 0. The Bertz CT molecular complexity index is 71.5. The molecule has 0 aromatic carbocycles. The van der Waals surface area contributed by atoms with Crippen LogP contribution in [0, 0.1) is 6.20 Å². The van der Waals surface area contributed by atoms with Gasteiger partial charge in [0.05, 0.1) is 6.20 Å². The van der Waals surface area contributed by atoms with E-state index in [9.17, 15) is 0 Å². The number of nitrogens with zero attached hydrogens (tertiary/aromatic N) is 1. The van der Waals surface area contributed by atoms with E-state index in [1.807, 2.05) is 0 Å². The van der Waals surface area contributed by atoms with Crippen molar-refractivity contribution in [3.05, 3.63) is 24.6 Å². The zero-order chi connectivity index (χ0) is 4.24. The molecule has 2 heteroatoms. The van der Waals surface area contributed by atoms with Crippen molar-refractivity contribution in [2.75, 3.05) is 0 Å². The van der Waals surface area contributed by atoms with Gasteiger partial charge in [0.2, 0.25) is 0 Å². The second-order valence-corrected chi connectivity index (χ2v) is 0.893. The number of nitrogens with one attached hydrogen (secondary N) is 1. The van der Waals surface area contributed by atoms with Crippen LogP contribution in [0.25, 0.3) is 0 Å². The second-order valence-electron chi connectivity index (χ2n) is 0.893. The Morgan fingerprint density at radius 3 is 2.83 bits per heavy atom. The Hall–Kier alpha value is -0.920. The lowest BCUT2D eigenvalue weighted by Crippen LogP contribution is -2.14. The Balaban J connectivity index is 2.46. The number of hydrogen-bond acceptors (Lipinski definition) is 1. The summed E-state index contributed by atoms with van der Waals surface area (Å²) < 4.78 is 0. The van der Waals surface area contributed by atoms with Gasteiger partial charge >= 0.3 is 0 Å². The largest absolute Gasteiger partial charge is 0.276 e. The van der Waals surface area contributed by atoms with E-state index in [1.54, 1.807) is 18.4 Å². The van der Waals surface area contributed by atoms with Gasteiger partial charge < -0.3 is 0 Å². The highest BCUT2D eigenvalue weighted by Gasteiger charge is 1.74. The fourth-order valence-electron chi connectivity index (χ4n) is 0.246. The minimum atomic E-state index is 1.66. The highest BCUT2D eigenvalue weighted by molar-refractivity contribution is 4.99. The summed E-state index contributed by atoms with van der Waals surface area (Å²) in [5, 5.41) is 0. The smallest absolute Gasteiger partial charge is 0.0812 e. The van der Waals surface area contributed by atoms with Crippen LogP contribution in [-0.2, 0) is 0 Å². The monoisotopic (exact) mass is 80.0 g/mol. The molecule has 0 unspecified atom stereocenters.